The molecular formula is C9H23FN2P+. The molecule has 4 heteroatoms. The van der Waals surface area contributed by atoms with Gasteiger partial charge in [0.15, 0.2) is 0 Å². The first-order valence-corrected chi connectivity index (χ1v) is 7.14. The molecule has 0 radical (unpaired) electrons. The molecule has 0 fully saturated rings. The smallest absolute Gasteiger partial charge is 0.135 e. The summed E-state index contributed by atoms with van der Waals surface area (Å²) >= 11 is 0. The van der Waals surface area contributed by atoms with Crippen LogP contribution in [0.25, 0.3) is 0 Å². The highest BCUT2D eigenvalue weighted by Crippen LogP contribution is 2.62. The zero-order valence-electron chi connectivity index (χ0n) is 9.55. The van der Waals surface area contributed by atoms with Crippen molar-refractivity contribution in [2.24, 2.45) is 0 Å². The number of rotatable bonds is 6. The van der Waals surface area contributed by atoms with Gasteiger partial charge in [0, 0.05) is 26.2 Å². The maximum Gasteiger partial charge on any atom is 0.345 e. The maximum atomic E-state index is 14.4. The largest absolute Gasteiger partial charge is 0.345 e. The Morgan fingerprint density at radius 2 is 1.08 bits per heavy atom. The highest BCUT2D eigenvalue weighted by atomic mass is 31.2. The normalized spacial score (nSPS) is 12.9. The van der Waals surface area contributed by atoms with Crippen LogP contribution < -0.4 is 0 Å². The van der Waals surface area contributed by atoms with Crippen LogP contribution in [0.4, 0.5) is 4.20 Å². The lowest BCUT2D eigenvalue weighted by molar-refractivity contribution is 0.374. The molecule has 0 rings (SSSR count). The predicted octanol–water partition coefficient (Wildman–Crippen LogP) is 3.03. The Hall–Kier alpha value is 0.280. The molecule has 0 aromatic rings. The van der Waals surface area contributed by atoms with Crippen LogP contribution in [0, 0.1) is 0 Å². The molecule has 0 aliphatic heterocycles. The second kappa shape index (κ2) is 5.90. The SMILES string of the molecule is CCN(CC)[P+](C)(F)N(CC)CC. The van der Waals surface area contributed by atoms with Gasteiger partial charge in [-0.25, -0.2) is 0 Å². The molecule has 0 bridgehead atoms. The van der Waals surface area contributed by atoms with Gasteiger partial charge in [-0.15, -0.1) is 9.34 Å². The first-order chi connectivity index (χ1) is 6.04. The fraction of sp³-hybridized carbons (Fsp3) is 1.00. The van der Waals surface area contributed by atoms with E-state index in [-0.39, 0.29) is 0 Å². The van der Waals surface area contributed by atoms with E-state index in [0.29, 0.717) is 0 Å². The molecule has 0 aromatic heterocycles. The van der Waals surface area contributed by atoms with E-state index in [1.165, 1.54) is 0 Å². The molecule has 0 unspecified atom stereocenters. The Morgan fingerprint density at radius 1 is 0.846 bits per heavy atom. The zero-order valence-corrected chi connectivity index (χ0v) is 10.4. The van der Waals surface area contributed by atoms with Crippen molar-refractivity contribution < 1.29 is 4.20 Å². The average molecular weight is 209 g/mol. The van der Waals surface area contributed by atoms with Crippen molar-refractivity contribution in [1.29, 1.82) is 0 Å². The van der Waals surface area contributed by atoms with E-state index >= 15 is 0 Å². The number of nitrogens with zero attached hydrogens (tertiary/aromatic N) is 2. The van der Waals surface area contributed by atoms with Gasteiger partial charge < -0.3 is 0 Å². The summed E-state index contributed by atoms with van der Waals surface area (Å²) in [4.78, 5) is 0. The fourth-order valence-electron chi connectivity index (χ4n) is 1.66. The zero-order chi connectivity index (χ0) is 10.5. The first-order valence-electron chi connectivity index (χ1n) is 5.11. The van der Waals surface area contributed by atoms with Gasteiger partial charge in [-0.2, -0.15) is 0 Å². The van der Waals surface area contributed by atoms with Crippen molar-refractivity contribution in [3.05, 3.63) is 0 Å². The average Bonchev–Trinajstić information content (AvgIpc) is 2.07. The molecule has 0 amide bonds. The molecule has 0 N–H and O–H groups in total. The van der Waals surface area contributed by atoms with Crippen LogP contribution >= 0.6 is 7.87 Å². The Morgan fingerprint density at radius 3 is 1.23 bits per heavy atom. The van der Waals surface area contributed by atoms with Crippen molar-refractivity contribution in [2.45, 2.75) is 27.7 Å². The molecule has 0 aliphatic rings. The van der Waals surface area contributed by atoms with Crippen molar-refractivity contribution in [1.82, 2.24) is 9.34 Å². The second-order valence-electron chi connectivity index (χ2n) is 3.09. The Labute approximate surface area is 82.7 Å². The summed E-state index contributed by atoms with van der Waals surface area (Å²) in [6.45, 7) is 13.0. The Kier molecular flexibility index (Phi) is 6.02. The molecule has 0 saturated heterocycles. The summed E-state index contributed by atoms with van der Waals surface area (Å²) in [5.41, 5.74) is 0. The highest BCUT2D eigenvalue weighted by molar-refractivity contribution is 7.65. The topological polar surface area (TPSA) is 6.48 Å². The van der Waals surface area contributed by atoms with Crippen LogP contribution in [-0.2, 0) is 0 Å². The van der Waals surface area contributed by atoms with E-state index in [0.717, 1.165) is 26.2 Å². The van der Waals surface area contributed by atoms with Crippen LogP contribution in [0.5, 0.6) is 0 Å². The number of hydrogen-bond donors (Lipinski definition) is 0. The predicted molar refractivity (Wildman–Crippen MR) is 59.8 cm³/mol. The van der Waals surface area contributed by atoms with Crippen LogP contribution in [0.1, 0.15) is 27.7 Å². The number of halogens is 1. The van der Waals surface area contributed by atoms with E-state index in [2.05, 4.69) is 0 Å². The molecule has 0 aromatic carbocycles. The van der Waals surface area contributed by atoms with Gasteiger partial charge in [0.05, 0.1) is 0 Å². The molecular weight excluding hydrogens is 186 g/mol. The molecule has 0 atom stereocenters. The summed E-state index contributed by atoms with van der Waals surface area (Å²) in [6.07, 6.45) is 0. The standard InChI is InChI=1S/C9H23FN2P/c1-6-11(7-2)13(5,10)12(8-3)9-4/h6-9H2,1-5H3/q+1. The third kappa shape index (κ3) is 3.16. The van der Waals surface area contributed by atoms with Crippen molar-refractivity contribution in [3.8, 4) is 0 Å². The lowest BCUT2D eigenvalue weighted by Gasteiger charge is -2.30. The maximum absolute atomic E-state index is 14.4. The molecule has 13 heavy (non-hydrogen) atoms. The van der Waals surface area contributed by atoms with Crippen LogP contribution in [0.15, 0.2) is 0 Å². The fourth-order valence-corrected chi connectivity index (χ4v) is 4.08. The highest BCUT2D eigenvalue weighted by Gasteiger charge is 2.45. The first kappa shape index (κ1) is 13.3. The van der Waals surface area contributed by atoms with Gasteiger partial charge in [0.1, 0.15) is 6.66 Å². The minimum absolute atomic E-state index is 0.799. The third-order valence-electron chi connectivity index (χ3n) is 2.49. The summed E-state index contributed by atoms with van der Waals surface area (Å²) in [5, 5.41) is 0. The molecule has 0 spiro atoms. The van der Waals surface area contributed by atoms with Crippen LogP contribution in [-0.4, -0.2) is 42.2 Å². The lowest BCUT2D eigenvalue weighted by atomic mass is 10.7. The summed E-state index contributed by atoms with van der Waals surface area (Å²) in [5.74, 6) is 0. The Bertz CT molecular complexity index is 120. The van der Waals surface area contributed by atoms with Gasteiger partial charge in [-0.3, -0.25) is 0 Å². The summed E-state index contributed by atoms with van der Waals surface area (Å²) in [6, 6.07) is 0. The molecule has 2 nitrogen and oxygen atoms in total. The second-order valence-corrected chi connectivity index (χ2v) is 5.84. The van der Waals surface area contributed by atoms with Crippen LogP contribution in [0.2, 0.25) is 0 Å². The van der Waals surface area contributed by atoms with Gasteiger partial charge in [0.25, 0.3) is 0 Å². The van der Waals surface area contributed by atoms with Crippen molar-refractivity contribution >= 4 is 7.87 Å². The quantitative estimate of drug-likeness (QED) is 0.620. The molecule has 0 aliphatic carbocycles. The monoisotopic (exact) mass is 209 g/mol. The Balaban J connectivity index is 4.48. The van der Waals surface area contributed by atoms with Gasteiger partial charge in [-0.05, 0) is 31.9 Å². The number of hydrogen-bond acceptors (Lipinski definition) is 2. The van der Waals surface area contributed by atoms with E-state index in [9.17, 15) is 4.20 Å². The van der Waals surface area contributed by atoms with Gasteiger partial charge >= 0.3 is 7.87 Å². The minimum Gasteiger partial charge on any atom is -0.135 e. The van der Waals surface area contributed by atoms with E-state index in [4.69, 9.17) is 0 Å². The van der Waals surface area contributed by atoms with Gasteiger partial charge in [-0.1, -0.05) is 0 Å². The van der Waals surface area contributed by atoms with Gasteiger partial charge in [0.2, 0.25) is 0 Å². The van der Waals surface area contributed by atoms with E-state index in [1.54, 1.807) is 6.66 Å². The molecule has 0 heterocycles. The van der Waals surface area contributed by atoms with E-state index in [1.807, 2.05) is 37.0 Å². The minimum atomic E-state index is -2.50. The summed E-state index contributed by atoms with van der Waals surface area (Å²) in [7, 11) is -2.50. The van der Waals surface area contributed by atoms with Crippen molar-refractivity contribution in [3.63, 3.8) is 0 Å². The van der Waals surface area contributed by atoms with E-state index < -0.39 is 7.87 Å². The molecule has 0 saturated carbocycles. The molecule has 80 valence electrons. The summed E-state index contributed by atoms with van der Waals surface area (Å²) < 4.78 is 18.3. The third-order valence-corrected chi connectivity index (χ3v) is 5.69. The lowest BCUT2D eigenvalue weighted by Crippen LogP contribution is -2.33. The van der Waals surface area contributed by atoms with Crippen molar-refractivity contribution in [2.75, 3.05) is 32.8 Å². The van der Waals surface area contributed by atoms with Crippen LogP contribution in [0.3, 0.4) is 0 Å².